The summed E-state index contributed by atoms with van der Waals surface area (Å²) in [5.41, 5.74) is 0.503. The van der Waals surface area contributed by atoms with Gasteiger partial charge in [-0.1, -0.05) is 0 Å². The molecule has 2 unspecified atom stereocenters. The van der Waals surface area contributed by atoms with Crippen molar-refractivity contribution in [1.29, 1.82) is 0 Å². The maximum Gasteiger partial charge on any atom is 0.326 e. The predicted octanol–water partition coefficient (Wildman–Crippen LogP) is 0.720. The Hall–Kier alpha value is -2.81. The first kappa shape index (κ1) is 16.1. The Labute approximate surface area is 136 Å². The third-order valence-corrected chi connectivity index (χ3v) is 3.91. The Morgan fingerprint density at radius 1 is 1.33 bits per heavy atom. The van der Waals surface area contributed by atoms with E-state index in [1.165, 1.54) is 47.3 Å². The SMILES string of the molecule is COC1CC(C(=O)O)N(C(=O)c2cnn(-c3ccc(F)cc3)n2)C1. The summed E-state index contributed by atoms with van der Waals surface area (Å²) >= 11 is 0. The molecule has 1 aliphatic heterocycles. The number of ether oxygens (including phenoxy) is 1. The van der Waals surface area contributed by atoms with Crippen molar-refractivity contribution in [2.24, 2.45) is 0 Å². The molecule has 1 aliphatic rings. The lowest BCUT2D eigenvalue weighted by atomic mass is 10.2. The van der Waals surface area contributed by atoms with Crippen LogP contribution in [-0.4, -0.2) is 62.7 Å². The van der Waals surface area contributed by atoms with Crippen molar-refractivity contribution in [3.8, 4) is 5.69 Å². The highest BCUT2D eigenvalue weighted by Crippen LogP contribution is 2.22. The highest BCUT2D eigenvalue weighted by molar-refractivity contribution is 5.95. The second-order valence-corrected chi connectivity index (χ2v) is 5.40. The smallest absolute Gasteiger partial charge is 0.326 e. The van der Waals surface area contributed by atoms with Crippen LogP contribution in [0.4, 0.5) is 4.39 Å². The van der Waals surface area contributed by atoms with E-state index >= 15 is 0 Å². The van der Waals surface area contributed by atoms with Crippen molar-refractivity contribution in [3.63, 3.8) is 0 Å². The summed E-state index contributed by atoms with van der Waals surface area (Å²) in [7, 11) is 1.47. The van der Waals surface area contributed by atoms with Crippen LogP contribution in [0.5, 0.6) is 0 Å². The van der Waals surface area contributed by atoms with Crippen LogP contribution in [0.15, 0.2) is 30.5 Å². The van der Waals surface area contributed by atoms with Crippen LogP contribution < -0.4 is 0 Å². The van der Waals surface area contributed by atoms with Gasteiger partial charge < -0.3 is 14.7 Å². The first-order valence-electron chi connectivity index (χ1n) is 7.24. The van der Waals surface area contributed by atoms with Crippen molar-refractivity contribution in [2.75, 3.05) is 13.7 Å². The van der Waals surface area contributed by atoms with Crippen molar-refractivity contribution >= 4 is 11.9 Å². The number of hydrogen-bond donors (Lipinski definition) is 1. The van der Waals surface area contributed by atoms with E-state index in [2.05, 4.69) is 10.2 Å². The molecule has 1 aromatic carbocycles. The summed E-state index contributed by atoms with van der Waals surface area (Å²) < 4.78 is 18.1. The summed E-state index contributed by atoms with van der Waals surface area (Å²) in [6.45, 7) is 0.176. The van der Waals surface area contributed by atoms with Crippen LogP contribution in [0.2, 0.25) is 0 Å². The summed E-state index contributed by atoms with van der Waals surface area (Å²) in [5.74, 6) is -2.02. The minimum atomic E-state index is -1.09. The summed E-state index contributed by atoms with van der Waals surface area (Å²) in [6.07, 6.45) is 1.15. The number of amides is 1. The molecule has 0 spiro atoms. The maximum atomic E-state index is 13.0. The average Bonchev–Trinajstić information content (AvgIpc) is 3.22. The monoisotopic (exact) mass is 334 g/mol. The molecular weight excluding hydrogens is 319 g/mol. The number of benzene rings is 1. The number of rotatable bonds is 4. The highest BCUT2D eigenvalue weighted by Gasteiger charge is 2.40. The fourth-order valence-electron chi connectivity index (χ4n) is 2.63. The molecule has 1 aromatic heterocycles. The van der Waals surface area contributed by atoms with Gasteiger partial charge in [0.1, 0.15) is 11.9 Å². The summed E-state index contributed by atoms with van der Waals surface area (Å²) in [6, 6.07) is 4.49. The van der Waals surface area contributed by atoms with Gasteiger partial charge in [-0.25, -0.2) is 9.18 Å². The van der Waals surface area contributed by atoms with Crippen molar-refractivity contribution < 1.29 is 23.8 Å². The van der Waals surface area contributed by atoms with E-state index < -0.39 is 23.7 Å². The van der Waals surface area contributed by atoms with Gasteiger partial charge in [0.25, 0.3) is 5.91 Å². The van der Waals surface area contributed by atoms with E-state index in [9.17, 15) is 19.1 Å². The standard InChI is InChI=1S/C15H15FN4O4/c1-24-11-6-13(15(22)23)19(8-11)14(21)12-7-17-20(18-12)10-4-2-9(16)3-5-10/h2-5,7,11,13H,6,8H2,1H3,(H,22,23). The third kappa shape index (κ3) is 2.98. The zero-order valence-electron chi connectivity index (χ0n) is 12.8. The van der Waals surface area contributed by atoms with E-state index in [0.717, 1.165) is 0 Å². The maximum absolute atomic E-state index is 13.0. The molecule has 0 aliphatic carbocycles. The fourth-order valence-corrected chi connectivity index (χ4v) is 2.63. The number of carboxylic acids is 1. The van der Waals surface area contributed by atoms with Crippen LogP contribution >= 0.6 is 0 Å². The Bertz CT molecular complexity index is 761. The number of likely N-dealkylation sites (tertiary alicyclic amines) is 1. The van der Waals surface area contributed by atoms with E-state index in [0.29, 0.717) is 5.69 Å². The molecule has 3 rings (SSSR count). The molecule has 1 saturated heterocycles. The minimum absolute atomic E-state index is 0.0160. The van der Waals surface area contributed by atoms with Gasteiger partial charge in [0, 0.05) is 20.1 Å². The van der Waals surface area contributed by atoms with Gasteiger partial charge in [0.05, 0.1) is 18.0 Å². The minimum Gasteiger partial charge on any atom is -0.480 e. The molecule has 1 amide bonds. The Morgan fingerprint density at radius 3 is 2.67 bits per heavy atom. The van der Waals surface area contributed by atoms with Gasteiger partial charge in [-0.3, -0.25) is 4.79 Å². The first-order chi connectivity index (χ1) is 11.5. The highest BCUT2D eigenvalue weighted by atomic mass is 19.1. The molecule has 2 aromatic rings. The zero-order valence-corrected chi connectivity index (χ0v) is 12.8. The molecule has 1 N–H and O–H groups in total. The van der Waals surface area contributed by atoms with E-state index in [4.69, 9.17) is 4.74 Å². The van der Waals surface area contributed by atoms with Gasteiger partial charge >= 0.3 is 5.97 Å². The van der Waals surface area contributed by atoms with E-state index in [1.807, 2.05) is 0 Å². The van der Waals surface area contributed by atoms with E-state index in [1.54, 1.807) is 0 Å². The molecular formula is C15H15FN4O4. The number of halogens is 1. The number of nitrogens with zero attached hydrogens (tertiary/aromatic N) is 4. The van der Waals surface area contributed by atoms with Gasteiger partial charge in [-0.15, -0.1) is 5.10 Å². The number of carboxylic acid groups (broad SMARTS) is 1. The normalized spacial score (nSPS) is 20.3. The van der Waals surface area contributed by atoms with Crippen LogP contribution in [0.25, 0.3) is 5.69 Å². The lowest BCUT2D eigenvalue weighted by Crippen LogP contribution is -2.40. The second kappa shape index (κ2) is 6.36. The van der Waals surface area contributed by atoms with Crippen LogP contribution in [0, 0.1) is 5.82 Å². The van der Waals surface area contributed by atoms with Gasteiger partial charge in [-0.2, -0.15) is 9.90 Å². The molecule has 2 atom stereocenters. The summed E-state index contributed by atoms with van der Waals surface area (Å²) in [4.78, 5) is 26.3. The first-order valence-corrected chi connectivity index (χ1v) is 7.24. The topological polar surface area (TPSA) is 97.5 Å². The molecule has 0 saturated carbocycles. The lowest BCUT2D eigenvalue weighted by Gasteiger charge is -2.19. The van der Waals surface area contributed by atoms with Gasteiger partial charge in [-0.05, 0) is 24.3 Å². The summed E-state index contributed by atoms with van der Waals surface area (Å²) in [5, 5.41) is 17.3. The van der Waals surface area contributed by atoms with Gasteiger partial charge in [0.15, 0.2) is 5.69 Å². The Balaban J connectivity index is 1.82. The largest absolute Gasteiger partial charge is 0.480 e. The fraction of sp³-hybridized carbons (Fsp3) is 0.333. The third-order valence-electron chi connectivity index (χ3n) is 3.91. The molecule has 0 radical (unpaired) electrons. The second-order valence-electron chi connectivity index (χ2n) is 5.40. The van der Waals surface area contributed by atoms with Crippen molar-refractivity contribution in [2.45, 2.75) is 18.6 Å². The van der Waals surface area contributed by atoms with Crippen molar-refractivity contribution in [1.82, 2.24) is 19.9 Å². The number of hydrogen-bond acceptors (Lipinski definition) is 5. The quantitative estimate of drug-likeness (QED) is 0.885. The molecule has 9 heteroatoms. The van der Waals surface area contributed by atoms with Crippen LogP contribution in [0.1, 0.15) is 16.9 Å². The molecule has 8 nitrogen and oxygen atoms in total. The lowest BCUT2D eigenvalue weighted by molar-refractivity contribution is -0.141. The number of carbonyl (C=O) groups excluding carboxylic acids is 1. The number of carbonyl (C=O) groups is 2. The average molecular weight is 334 g/mol. The predicted molar refractivity (Wildman–Crippen MR) is 79.2 cm³/mol. The van der Waals surface area contributed by atoms with E-state index in [-0.39, 0.29) is 24.8 Å². The zero-order chi connectivity index (χ0) is 17.3. The molecule has 0 bridgehead atoms. The Morgan fingerprint density at radius 2 is 2.04 bits per heavy atom. The number of methoxy groups -OCH3 is 1. The van der Waals surface area contributed by atoms with Gasteiger partial charge in [0.2, 0.25) is 0 Å². The Kier molecular flexibility index (Phi) is 4.26. The number of aromatic nitrogens is 3. The molecule has 126 valence electrons. The van der Waals surface area contributed by atoms with Crippen molar-refractivity contribution in [3.05, 3.63) is 42.0 Å². The van der Waals surface area contributed by atoms with Crippen LogP contribution in [0.3, 0.4) is 0 Å². The molecule has 24 heavy (non-hydrogen) atoms. The van der Waals surface area contributed by atoms with Crippen LogP contribution in [-0.2, 0) is 9.53 Å². The molecule has 1 fully saturated rings. The molecule has 2 heterocycles. The number of aliphatic carboxylic acids is 1.